The van der Waals surface area contributed by atoms with E-state index in [1.54, 1.807) is 12.1 Å². The topological polar surface area (TPSA) is 65.0 Å². The molecular weight excluding hydrogens is 464 g/mol. The summed E-state index contributed by atoms with van der Waals surface area (Å²) in [6, 6.07) is 23.7. The molecule has 0 aromatic heterocycles. The van der Waals surface area contributed by atoms with E-state index in [1.807, 2.05) is 50.2 Å². The molecule has 3 aromatic carbocycles. The molecule has 5 nitrogen and oxygen atoms in total. The van der Waals surface area contributed by atoms with Crippen LogP contribution in [0.15, 0.2) is 72.8 Å². The molecule has 0 bridgehead atoms. The molecule has 2 aliphatic rings. The number of para-hydroxylation sites is 1. The molecule has 3 aromatic rings. The Morgan fingerprint density at radius 3 is 2.54 bits per heavy atom. The van der Waals surface area contributed by atoms with Gasteiger partial charge in [-0.1, -0.05) is 60.1 Å². The zero-order chi connectivity index (χ0) is 24.6. The summed E-state index contributed by atoms with van der Waals surface area (Å²) >= 11 is 6.24. The van der Waals surface area contributed by atoms with Gasteiger partial charge in [0, 0.05) is 11.5 Å². The van der Waals surface area contributed by atoms with E-state index in [1.165, 1.54) is 5.56 Å². The van der Waals surface area contributed by atoms with Crippen molar-refractivity contribution >= 4 is 17.6 Å². The maximum absolute atomic E-state index is 12.2. The van der Waals surface area contributed by atoms with Crippen molar-refractivity contribution in [2.24, 2.45) is 11.8 Å². The Balaban J connectivity index is 1.44. The minimum Gasteiger partial charge on any atom is -0.489 e. The van der Waals surface area contributed by atoms with E-state index >= 15 is 0 Å². The number of benzene rings is 3. The van der Waals surface area contributed by atoms with Crippen molar-refractivity contribution in [3.63, 3.8) is 0 Å². The molecule has 1 saturated heterocycles. The van der Waals surface area contributed by atoms with Gasteiger partial charge in [-0.05, 0) is 62.1 Å². The van der Waals surface area contributed by atoms with E-state index < -0.39 is 23.6 Å². The van der Waals surface area contributed by atoms with Crippen molar-refractivity contribution in [1.82, 2.24) is 0 Å². The molecular formula is C29H29ClO5. The highest BCUT2D eigenvalue weighted by atomic mass is 35.5. The molecule has 6 heteroatoms. The number of aliphatic carboxylic acids is 1. The predicted octanol–water partition coefficient (Wildman–Crippen LogP) is 6.33. The van der Waals surface area contributed by atoms with E-state index in [2.05, 4.69) is 24.3 Å². The lowest BCUT2D eigenvalue weighted by atomic mass is 9.71. The van der Waals surface area contributed by atoms with Gasteiger partial charge in [0.1, 0.15) is 29.8 Å². The summed E-state index contributed by atoms with van der Waals surface area (Å²) in [5.74, 6) is -0.416. The van der Waals surface area contributed by atoms with Crippen LogP contribution in [0.4, 0.5) is 0 Å². The second-order valence-electron chi connectivity index (χ2n) is 9.86. The molecule has 0 aliphatic carbocycles. The van der Waals surface area contributed by atoms with E-state index in [-0.39, 0.29) is 18.6 Å². The highest BCUT2D eigenvalue weighted by Gasteiger charge is 2.52. The number of carboxylic acids is 1. The van der Waals surface area contributed by atoms with Crippen LogP contribution in [-0.2, 0) is 16.0 Å². The van der Waals surface area contributed by atoms with Crippen LogP contribution in [0, 0.1) is 11.8 Å². The number of fused-ring (bicyclic) bond motifs is 3. The molecule has 0 saturated carbocycles. The number of carboxylic acid groups (broad SMARTS) is 1. The molecule has 0 radical (unpaired) electrons. The molecule has 0 spiro atoms. The first-order valence-electron chi connectivity index (χ1n) is 11.9. The van der Waals surface area contributed by atoms with E-state index in [9.17, 15) is 9.90 Å². The van der Waals surface area contributed by atoms with Gasteiger partial charge in [-0.25, -0.2) is 0 Å². The van der Waals surface area contributed by atoms with Crippen molar-refractivity contribution in [2.45, 2.75) is 44.5 Å². The van der Waals surface area contributed by atoms with Gasteiger partial charge in [0.05, 0.1) is 17.0 Å². The quantitative estimate of drug-likeness (QED) is 0.435. The van der Waals surface area contributed by atoms with Crippen molar-refractivity contribution in [3.05, 3.63) is 94.5 Å². The van der Waals surface area contributed by atoms with Gasteiger partial charge < -0.3 is 19.3 Å². The summed E-state index contributed by atoms with van der Waals surface area (Å²) in [6.07, 6.45) is 0.321. The standard InChI is InChI=1S/C29H29ClO5/c1-29(2)22-16-21(28(31)32)26(17-33-25-11-7-6-10-23(25)30)34-27(22)20-15-19(12-13-24(20)35-29)14-18-8-4-3-5-9-18/h3-13,15,21-22,26-27H,14,16-17H2,1-2H3,(H,31,32)/t21-,22-,26-,27+/m0/s1. The Morgan fingerprint density at radius 1 is 1.06 bits per heavy atom. The van der Waals surface area contributed by atoms with Gasteiger partial charge in [-0.15, -0.1) is 0 Å². The molecule has 35 heavy (non-hydrogen) atoms. The Bertz CT molecular complexity index is 1210. The zero-order valence-electron chi connectivity index (χ0n) is 19.8. The molecule has 0 unspecified atom stereocenters. The minimum atomic E-state index is -0.893. The largest absolute Gasteiger partial charge is 0.489 e. The first-order valence-corrected chi connectivity index (χ1v) is 12.3. The fourth-order valence-electron chi connectivity index (χ4n) is 5.23. The monoisotopic (exact) mass is 492 g/mol. The van der Waals surface area contributed by atoms with Crippen molar-refractivity contribution in [3.8, 4) is 11.5 Å². The van der Waals surface area contributed by atoms with Crippen LogP contribution in [0.5, 0.6) is 11.5 Å². The first-order chi connectivity index (χ1) is 16.8. The average molecular weight is 493 g/mol. The highest BCUT2D eigenvalue weighted by Crippen LogP contribution is 2.52. The van der Waals surface area contributed by atoms with Crippen LogP contribution in [0.25, 0.3) is 0 Å². The van der Waals surface area contributed by atoms with Crippen LogP contribution in [0.3, 0.4) is 0 Å². The number of halogens is 1. The van der Waals surface area contributed by atoms with Crippen LogP contribution < -0.4 is 9.47 Å². The third kappa shape index (κ3) is 4.89. The Kier molecular flexibility index (Phi) is 6.47. The van der Waals surface area contributed by atoms with Gasteiger partial charge in [0.25, 0.3) is 0 Å². The van der Waals surface area contributed by atoms with Crippen molar-refractivity contribution in [1.29, 1.82) is 0 Å². The number of hydrogen-bond donors (Lipinski definition) is 1. The molecule has 1 fully saturated rings. The molecule has 2 heterocycles. The molecule has 4 atom stereocenters. The van der Waals surface area contributed by atoms with E-state index in [0.717, 1.165) is 23.3 Å². The second kappa shape index (κ2) is 9.56. The third-order valence-electron chi connectivity index (χ3n) is 7.10. The number of rotatable bonds is 6. The molecule has 5 rings (SSSR count). The SMILES string of the molecule is CC1(C)Oc2ccc(Cc3ccccc3)cc2[C@H]2O[C@@H](COc3ccccc3Cl)[C@@H](C(=O)O)C[C@@H]21. The van der Waals surface area contributed by atoms with E-state index in [0.29, 0.717) is 17.2 Å². The Labute approximate surface area is 210 Å². The van der Waals surface area contributed by atoms with Crippen molar-refractivity contribution in [2.75, 3.05) is 6.61 Å². The number of hydrogen-bond acceptors (Lipinski definition) is 4. The van der Waals surface area contributed by atoms with Gasteiger partial charge in [0.2, 0.25) is 0 Å². The highest BCUT2D eigenvalue weighted by molar-refractivity contribution is 6.32. The van der Waals surface area contributed by atoms with E-state index in [4.69, 9.17) is 25.8 Å². The summed E-state index contributed by atoms with van der Waals surface area (Å²) in [7, 11) is 0. The van der Waals surface area contributed by atoms with Gasteiger partial charge >= 0.3 is 5.97 Å². The molecule has 0 amide bonds. The number of ether oxygens (including phenoxy) is 3. The van der Waals surface area contributed by atoms with Crippen LogP contribution in [0.2, 0.25) is 5.02 Å². The number of carbonyl (C=O) groups is 1. The fourth-order valence-corrected chi connectivity index (χ4v) is 5.42. The van der Waals surface area contributed by atoms with Crippen LogP contribution in [0.1, 0.15) is 43.1 Å². The van der Waals surface area contributed by atoms with Gasteiger partial charge in [-0.3, -0.25) is 4.79 Å². The Hall–Kier alpha value is -3.02. The van der Waals surface area contributed by atoms with Crippen LogP contribution in [-0.4, -0.2) is 29.4 Å². The lowest BCUT2D eigenvalue weighted by molar-refractivity contribution is -0.192. The minimum absolute atomic E-state index is 0.101. The lowest BCUT2D eigenvalue weighted by Crippen LogP contribution is -2.53. The zero-order valence-corrected chi connectivity index (χ0v) is 20.6. The second-order valence-corrected chi connectivity index (χ2v) is 10.3. The normalized spacial score (nSPS) is 24.5. The summed E-state index contributed by atoms with van der Waals surface area (Å²) in [5, 5.41) is 10.5. The third-order valence-corrected chi connectivity index (χ3v) is 7.41. The summed E-state index contributed by atoms with van der Waals surface area (Å²) in [4.78, 5) is 12.2. The summed E-state index contributed by atoms with van der Waals surface area (Å²) in [6.45, 7) is 4.12. The maximum Gasteiger partial charge on any atom is 0.309 e. The lowest BCUT2D eigenvalue weighted by Gasteiger charge is -2.50. The average Bonchev–Trinajstić information content (AvgIpc) is 2.84. The smallest absolute Gasteiger partial charge is 0.309 e. The summed E-state index contributed by atoms with van der Waals surface area (Å²) in [5.41, 5.74) is 2.78. The fraction of sp³-hybridized carbons (Fsp3) is 0.345. The van der Waals surface area contributed by atoms with Gasteiger partial charge in [0.15, 0.2) is 0 Å². The molecule has 2 aliphatic heterocycles. The van der Waals surface area contributed by atoms with Crippen molar-refractivity contribution < 1.29 is 24.1 Å². The summed E-state index contributed by atoms with van der Waals surface area (Å²) < 4.78 is 18.9. The predicted molar refractivity (Wildman–Crippen MR) is 134 cm³/mol. The van der Waals surface area contributed by atoms with Crippen LogP contribution >= 0.6 is 11.6 Å². The maximum atomic E-state index is 12.2. The van der Waals surface area contributed by atoms with Gasteiger partial charge in [-0.2, -0.15) is 0 Å². The first kappa shape index (κ1) is 23.7. The molecule has 182 valence electrons. The molecule has 1 N–H and O–H groups in total. The Morgan fingerprint density at radius 2 is 1.80 bits per heavy atom.